The average molecular weight is 422 g/mol. The van der Waals surface area contributed by atoms with E-state index in [0.29, 0.717) is 12.2 Å². The van der Waals surface area contributed by atoms with Crippen molar-refractivity contribution in [2.24, 2.45) is 0 Å². The van der Waals surface area contributed by atoms with Crippen molar-refractivity contribution < 1.29 is 14.6 Å². The van der Waals surface area contributed by atoms with Gasteiger partial charge in [-0.15, -0.1) is 5.10 Å². The topological polar surface area (TPSA) is 102 Å². The number of aryl methyl sites for hydroxylation is 1. The number of rotatable bonds is 8. The molecule has 31 heavy (non-hydrogen) atoms. The molecule has 4 rings (SSSR count). The molecule has 3 atom stereocenters. The predicted octanol–water partition coefficient (Wildman–Crippen LogP) is 1.99. The summed E-state index contributed by atoms with van der Waals surface area (Å²) in [5.41, 5.74) is 2.50. The first-order valence-corrected chi connectivity index (χ1v) is 10.6. The van der Waals surface area contributed by atoms with Crippen LogP contribution in [0.4, 0.5) is 0 Å². The minimum Gasteiger partial charge on any atom is -0.394 e. The monoisotopic (exact) mass is 421 g/mol. The summed E-state index contributed by atoms with van der Waals surface area (Å²) in [6.07, 6.45) is 6.19. The Hall–Kier alpha value is -3.10. The smallest absolute Gasteiger partial charge is 0.270 e. The van der Waals surface area contributed by atoms with Crippen molar-refractivity contribution in [2.75, 3.05) is 6.61 Å². The lowest BCUT2D eigenvalue weighted by Crippen LogP contribution is -2.51. The first-order chi connectivity index (χ1) is 15.2. The molecule has 0 spiro atoms. The highest BCUT2D eigenvalue weighted by atomic mass is 16.5. The van der Waals surface area contributed by atoms with Gasteiger partial charge in [0.1, 0.15) is 11.8 Å². The van der Waals surface area contributed by atoms with Crippen LogP contribution in [0, 0.1) is 0 Å². The van der Waals surface area contributed by atoms with E-state index in [4.69, 9.17) is 4.74 Å². The summed E-state index contributed by atoms with van der Waals surface area (Å²) < 4.78 is 7.90. The predicted molar refractivity (Wildman–Crippen MR) is 114 cm³/mol. The number of aromatic nitrogens is 4. The standard InChI is InChI=1S/C23H27N5O3/c29-16-22-20(25-23(30)21-8-4-5-12-24-21)10-9-19(31-22)11-13-28-15-18(26-27-28)14-17-6-2-1-3-7-17/h1-8,12,15,19-20,22,29H,9-11,13-14,16H2,(H,25,30)/t19-,20+,22+/m0/s1. The van der Waals surface area contributed by atoms with Crippen LogP contribution in [0.1, 0.15) is 41.0 Å². The number of benzene rings is 1. The van der Waals surface area contributed by atoms with Gasteiger partial charge in [0.25, 0.3) is 5.91 Å². The Kier molecular flexibility index (Phi) is 7.01. The number of aliphatic hydroxyl groups excluding tert-OH is 1. The average Bonchev–Trinajstić information content (AvgIpc) is 3.26. The summed E-state index contributed by atoms with van der Waals surface area (Å²) in [4.78, 5) is 16.4. The van der Waals surface area contributed by atoms with E-state index in [1.807, 2.05) is 29.1 Å². The largest absolute Gasteiger partial charge is 0.394 e. The van der Waals surface area contributed by atoms with Crippen molar-refractivity contribution in [2.45, 2.75) is 50.5 Å². The maximum Gasteiger partial charge on any atom is 0.270 e. The summed E-state index contributed by atoms with van der Waals surface area (Å²) >= 11 is 0. The molecule has 1 aliphatic rings. The Bertz CT molecular complexity index is 964. The first-order valence-electron chi connectivity index (χ1n) is 10.6. The van der Waals surface area contributed by atoms with Gasteiger partial charge in [-0.3, -0.25) is 14.5 Å². The molecule has 1 fully saturated rings. The molecule has 8 nitrogen and oxygen atoms in total. The Labute approximate surface area is 181 Å². The number of hydrogen-bond donors (Lipinski definition) is 2. The van der Waals surface area contributed by atoms with E-state index in [1.165, 1.54) is 5.56 Å². The number of aliphatic hydroxyl groups is 1. The van der Waals surface area contributed by atoms with Crippen molar-refractivity contribution in [1.29, 1.82) is 0 Å². The first kappa shape index (κ1) is 21.1. The zero-order valence-electron chi connectivity index (χ0n) is 17.3. The fourth-order valence-corrected chi connectivity index (χ4v) is 3.86. The van der Waals surface area contributed by atoms with E-state index in [9.17, 15) is 9.90 Å². The Morgan fingerprint density at radius 2 is 2.00 bits per heavy atom. The van der Waals surface area contributed by atoms with Gasteiger partial charge in [-0.25, -0.2) is 0 Å². The molecule has 2 aromatic heterocycles. The molecule has 0 bridgehead atoms. The molecule has 0 radical (unpaired) electrons. The number of ether oxygens (including phenoxy) is 1. The van der Waals surface area contributed by atoms with Gasteiger partial charge in [-0.1, -0.05) is 41.6 Å². The van der Waals surface area contributed by atoms with Crippen molar-refractivity contribution in [3.63, 3.8) is 0 Å². The molecule has 0 saturated carbocycles. The second-order valence-electron chi connectivity index (χ2n) is 7.78. The quantitative estimate of drug-likeness (QED) is 0.577. The molecule has 1 saturated heterocycles. The van der Waals surface area contributed by atoms with Crippen LogP contribution in [0.15, 0.2) is 60.9 Å². The number of carbonyl (C=O) groups is 1. The van der Waals surface area contributed by atoms with Crippen molar-refractivity contribution >= 4 is 5.91 Å². The summed E-state index contributed by atoms with van der Waals surface area (Å²) in [7, 11) is 0. The van der Waals surface area contributed by atoms with Gasteiger partial charge in [-0.05, 0) is 37.0 Å². The molecule has 8 heteroatoms. The van der Waals surface area contributed by atoms with E-state index >= 15 is 0 Å². The maximum absolute atomic E-state index is 12.4. The molecule has 2 N–H and O–H groups in total. The van der Waals surface area contributed by atoms with E-state index < -0.39 is 6.10 Å². The second kappa shape index (κ2) is 10.3. The van der Waals surface area contributed by atoms with Gasteiger partial charge in [-0.2, -0.15) is 0 Å². The number of carbonyl (C=O) groups excluding carboxylic acids is 1. The van der Waals surface area contributed by atoms with Crippen molar-refractivity contribution in [3.05, 3.63) is 77.9 Å². The Morgan fingerprint density at radius 1 is 1.16 bits per heavy atom. The third kappa shape index (κ3) is 5.74. The lowest BCUT2D eigenvalue weighted by atomic mass is 9.97. The van der Waals surface area contributed by atoms with Gasteiger partial charge in [0.15, 0.2) is 0 Å². The van der Waals surface area contributed by atoms with E-state index in [0.717, 1.165) is 31.4 Å². The van der Waals surface area contributed by atoms with Crippen LogP contribution in [-0.2, 0) is 17.7 Å². The highest BCUT2D eigenvalue weighted by Crippen LogP contribution is 2.22. The summed E-state index contributed by atoms with van der Waals surface area (Å²) in [6.45, 7) is 0.545. The molecule has 1 aromatic carbocycles. The fourth-order valence-electron chi connectivity index (χ4n) is 3.86. The number of pyridine rings is 1. The second-order valence-corrected chi connectivity index (χ2v) is 7.78. The number of hydrogen-bond acceptors (Lipinski definition) is 6. The van der Waals surface area contributed by atoms with Crippen LogP contribution >= 0.6 is 0 Å². The van der Waals surface area contributed by atoms with Gasteiger partial charge >= 0.3 is 0 Å². The lowest BCUT2D eigenvalue weighted by molar-refractivity contribution is -0.0912. The minimum absolute atomic E-state index is 0.00178. The summed E-state index contributed by atoms with van der Waals surface area (Å²) in [5, 5.41) is 21.2. The molecule has 162 valence electrons. The molecular weight excluding hydrogens is 394 g/mol. The number of nitrogens with one attached hydrogen (secondary N) is 1. The Morgan fingerprint density at radius 3 is 2.77 bits per heavy atom. The normalized spacial score (nSPS) is 21.0. The van der Waals surface area contributed by atoms with Gasteiger partial charge in [0, 0.05) is 25.4 Å². The SMILES string of the molecule is O=C(N[C@@H]1CC[C@@H](CCn2cc(Cc3ccccc3)nn2)O[C@@H]1CO)c1ccccn1. The zero-order valence-corrected chi connectivity index (χ0v) is 17.3. The lowest BCUT2D eigenvalue weighted by Gasteiger charge is -2.36. The fraction of sp³-hybridized carbons (Fsp3) is 0.391. The van der Waals surface area contributed by atoms with Crippen LogP contribution < -0.4 is 5.32 Å². The third-order valence-corrected chi connectivity index (χ3v) is 5.50. The number of amides is 1. The van der Waals surface area contributed by atoms with Crippen LogP contribution in [0.2, 0.25) is 0 Å². The molecule has 1 aliphatic heterocycles. The number of nitrogens with zero attached hydrogens (tertiary/aromatic N) is 4. The van der Waals surface area contributed by atoms with Crippen LogP contribution in [0.3, 0.4) is 0 Å². The maximum atomic E-state index is 12.4. The van der Waals surface area contributed by atoms with Crippen LogP contribution in [0.5, 0.6) is 0 Å². The minimum atomic E-state index is -0.434. The molecule has 3 aromatic rings. The van der Waals surface area contributed by atoms with Gasteiger partial charge in [0.05, 0.1) is 24.4 Å². The molecule has 3 heterocycles. The van der Waals surface area contributed by atoms with Crippen molar-refractivity contribution in [3.8, 4) is 0 Å². The molecule has 0 aliphatic carbocycles. The van der Waals surface area contributed by atoms with E-state index in [1.54, 1.807) is 24.4 Å². The molecule has 1 amide bonds. The van der Waals surface area contributed by atoms with Gasteiger partial charge in [0.2, 0.25) is 0 Å². The van der Waals surface area contributed by atoms with Crippen LogP contribution in [0.25, 0.3) is 0 Å². The highest BCUT2D eigenvalue weighted by molar-refractivity contribution is 5.92. The zero-order chi connectivity index (χ0) is 21.5. The van der Waals surface area contributed by atoms with Crippen LogP contribution in [-0.4, -0.2) is 55.8 Å². The molecular formula is C23H27N5O3. The van der Waals surface area contributed by atoms with E-state index in [2.05, 4.69) is 32.7 Å². The summed E-state index contributed by atoms with van der Waals surface area (Å²) in [6, 6.07) is 15.2. The van der Waals surface area contributed by atoms with E-state index in [-0.39, 0.29) is 24.7 Å². The molecule has 0 unspecified atom stereocenters. The Balaban J connectivity index is 1.26. The summed E-state index contributed by atoms with van der Waals surface area (Å²) in [5.74, 6) is -0.250. The van der Waals surface area contributed by atoms with Crippen molar-refractivity contribution in [1.82, 2.24) is 25.3 Å². The third-order valence-electron chi connectivity index (χ3n) is 5.50. The highest BCUT2D eigenvalue weighted by Gasteiger charge is 2.32. The van der Waals surface area contributed by atoms with Gasteiger partial charge < -0.3 is 15.2 Å².